The third-order valence-corrected chi connectivity index (χ3v) is 25.4. The first-order chi connectivity index (χ1) is 65.6. The van der Waals surface area contributed by atoms with Crippen molar-refractivity contribution in [1.29, 1.82) is 0 Å². The Bertz CT molecular complexity index is 5420. The molecule has 0 saturated heterocycles. The van der Waals surface area contributed by atoms with E-state index in [1.807, 2.05) is 5.92 Å². The van der Waals surface area contributed by atoms with Crippen molar-refractivity contribution < 1.29 is 171 Å². The molecular formula is C94H120Cl2F6IN5O30S2. The van der Waals surface area contributed by atoms with Crippen molar-refractivity contribution in [3.63, 3.8) is 0 Å². The normalized spacial score (nSPS) is 15.0. The number of aromatic nitrogens is 2. The number of aliphatic hydroxyl groups is 7. The number of hydrogen-bond acceptors (Lipinski definition) is 32. The topological polar surface area (TPSA) is 496 Å². The summed E-state index contributed by atoms with van der Waals surface area (Å²) in [7, 11) is 15.5. The molecule has 0 amide bonds. The van der Waals surface area contributed by atoms with Gasteiger partial charge in [0.2, 0.25) is 11.2 Å². The number of fused-ring (bicyclic) bond motifs is 2. The van der Waals surface area contributed by atoms with Crippen LogP contribution in [0.15, 0.2) is 72.8 Å². The number of carboxylic acid groups (broad SMARTS) is 1. The van der Waals surface area contributed by atoms with Crippen LogP contribution in [0, 0.1) is 27.8 Å². The minimum atomic E-state index is -5.24. The highest BCUT2D eigenvalue weighted by Crippen LogP contribution is 2.50. The molecule has 776 valence electrons. The summed E-state index contributed by atoms with van der Waals surface area (Å²) >= 11 is 14.3. The Kier molecular flexibility index (Phi) is 49.7. The number of hydrogen-bond donors (Lipinski definition) is 11. The van der Waals surface area contributed by atoms with Gasteiger partial charge in [-0.15, -0.1) is 6.42 Å². The monoisotopic (exact) mass is 2170 g/mol. The van der Waals surface area contributed by atoms with Crippen molar-refractivity contribution in [3.05, 3.63) is 159 Å². The molecular weight excluding hydrogens is 2050 g/mol. The van der Waals surface area contributed by atoms with E-state index in [9.17, 15) is 74.1 Å². The van der Waals surface area contributed by atoms with Gasteiger partial charge in [-0.05, 0) is 196 Å². The molecule has 35 nitrogen and oxygen atoms in total. The Hall–Kier alpha value is -10.5. The zero-order chi connectivity index (χ0) is 107. The van der Waals surface area contributed by atoms with Crippen LogP contribution in [0.2, 0.25) is 10.3 Å². The van der Waals surface area contributed by atoms with Gasteiger partial charge in [-0.25, -0.2) is 47.0 Å². The number of aromatic carboxylic acids is 1. The summed E-state index contributed by atoms with van der Waals surface area (Å²) in [6.07, 6.45) is -4.39. The SMILES string of the molecule is C#CCO.CC(C)(C)S(=O)N[C@]1(C)COc2c1cc([C@](O)(CN)C(F)(F)F)nc2Cl.COC(=O)c1cc(OC)c(C#CCO)c(OC)c1.COC(=O)c1cc(OC)c(CCCO)c(OC)c1.COC(=O)c1cc(OC)c(I)c(OC)c1.COc1cc(C(=O)CC[C@@](O)(c2cc3c(c(Cl)n2)OC[C@@]3(C)NS(=O)C(C)(C)C)C(F)(F)F)cc(OC)c1CCCO.COc1cc(C(=O)O)cc(OC)c1CCCO. The van der Waals surface area contributed by atoms with Crippen LogP contribution in [0.25, 0.3) is 0 Å². The van der Waals surface area contributed by atoms with Crippen LogP contribution in [0.4, 0.5) is 26.3 Å². The molecule has 6 atom stereocenters. The summed E-state index contributed by atoms with van der Waals surface area (Å²) in [5, 5.41) is 72.6. The van der Waals surface area contributed by atoms with E-state index in [0.29, 0.717) is 112 Å². The molecule has 0 radical (unpaired) electrons. The number of benzene rings is 5. The molecule has 7 aromatic rings. The highest BCUT2D eigenvalue weighted by Gasteiger charge is 2.58. The number of nitrogens with two attached hydrogens (primary N) is 1. The van der Waals surface area contributed by atoms with E-state index in [0.717, 1.165) is 26.8 Å². The number of terminal acetylenes is 1. The van der Waals surface area contributed by atoms with Gasteiger partial charge in [-0.3, -0.25) is 4.79 Å². The molecule has 0 bridgehead atoms. The van der Waals surface area contributed by atoms with Gasteiger partial charge in [0.05, 0.1) is 172 Å². The molecule has 0 spiro atoms. The zero-order valence-corrected chi connectivity index (χ0v) is 86.4. The van der Waals surface area contributed by atoms with Crippen molar-refractivity contribution in [2.24, 2.45) is 5.73 Å². The van der Waals surface area contributed by atoms with Gasteiger partial charge in [0.25, 0.3) is 0 Å². The Balaban J connectivity index is 0.000000448. The van der Waals surface area contributed by atoms with Crippen LogP contribution in [0.3, 0.4) is 0 Å². The number of Topliss-reactive ketones (excluding diaryl/α,β-unsaturated/α-hetero) is 1. The van der Waals surface area contributed by atoms with E-state index in [4.69, 9.17) is 111 Å². The Morgan fingerprint density at radius 2 is 0.771 bits per heavy atom. The van der Waals surface area contributed by atoms with Crippen LogP contribution in [-0.4, -0.2) is 256 Å². The van der Waals surface area contributed by atoms with Gasteiger partial charge in [-0.1, -0.05) is 41.0 Å². The summed E-state index contributed by atoms with van der Waals surface area (Å²) in [6, 6.07) is 17.2. The summed E-state index contributed by atoms with van der Waals surface area (Å²) in [5.41, 5.74) is -1.31. The third kappa shape index (κ3) is 32.8. The Morgan fingerprint density at radius 1 is 0.486 bits per heavy atom. The first-order valence-electron chi connectivity index (χ1n) is 41.9. The average Bonchev–Trinajstić information content (AvgIpc) is 1.50. The maximum Gasteiger partial charge on any atom is 0.424 e. The minimum Gasteiger partial charge on any atom is -0.496 e. The van der Waals surface area contributed by atoms with Gasteiger partial charge in [0, 0.05) is 66.2 Å². The number of carbonyl (C=O) groups is 5. The molecule has 2 aliphatic heterocycles. The predicted octanol–water partition coefficient (Wildman–Crippen LogP) is 12.1. The molecule has 2 unspecified atom stereocenters. The fourth-order valence-corrected chi connectivity index (χ4v) is 15.7. The quantitative estimate of drug-likeness (QED) is 0.00339. The summed E-state index contributed by atoms with van der Waals surface area (Å²) in [5.74, 6) is 8.79. The number of methoxy groups -OCH3 is 13. The second kappa shape index (κ2) is 56.3. The molecule has 12 N–H and O–H groups in total. The Labute approximate surface area is 836 Å². The number of carbonyl (C=O) groups excluding carboxylic acids is 4. The summed E-state index contributed by atoms with van der Waals surface area (Å²) < 4.78 is 191. The lowest BCUT2D eigenvalue weighted by Crippen LogP contribution is -2.50. The molecule has 0 fully saturated rings. The van der Waals surface area contributed by atoms with Crippen molar-refractivity contribution in [2.75, 3.05) is 145 Å². The van der Waals surface area contributed by atoms with E-state index in [-0.39, 0.29) is 96.7 Å². The van der Waals surface area contributed by atoms with Gasteiger partial charge >= 0.3 is 36.2 Å². The molecule has 140 heavy (non-hydrogen) atoms. The molecule has 4 heterocycles. The van der Waals surface area contributed by atoms with E-state index in [1.54, 1.807) is 79.7 Å². The molecule has 0 aliphatic carbocycles. The third-order valence-electron chi connectivity index (χ3n) is 20.4. The number of rotatable bonds is 34. The number of halogens is 9. The Morgan fingerprint density at radius 3 is 1.03 bits per heavy atom. The van der Waals surface area contributed by atoms with Crippen LogP contribution < -0.4 is 72.0 Å². The second-order valence-corrected chi connectivity index (χ2v) is 37.7. The lowest BCUT2D eigenvalue weighted by molar-refractivity contribution is -0.270. The van der Waals surface area contributed by atoms with E-state index in [1.165, 1.54) is 129 Å². The molecule has 9 rings (SSSR count). The zero-order valence-electron chi connectivity index (χ0n) is 81.1. The highest BCUT2D eigenvalue weighted by atomic mass is 127. The van der Waals surface area contributed by atoms with Crippen LogP contribution >= 0.6 is 45.8 Å². The lowest BCUT2D eigenvalue weighted by atomic mass is 9.87. The first kappa shape index (κ1) is 124. The molecule has 2 aliphatic rings. The molecule has 2 aromatic heterocycles. The van der Waals surface area contributed by atoms with Gasteiger partial charge < -0.3 is 118 Å². The second-order valence-electron chi connectivity index (χ2n) is 32.0. The minimum absolute atomic E-state index is 0.0118. The highest BCUT2D eigenvalue weighted by molar-refractivity contribution is 14.1. The number of aliphatic hydroxyl groups excluding tert-OH is 5. The number of ketones is 1. The molecule has 5 aromatic carbocycles. The van der Waals surface area contributed by atoms with Crippen molar-refractivity contribution >= 4 is 97.4 Å². The standard InChI is InChI=1S/C28H36ClF3N2O7S.C15H21ClF3N3O3S.C13H18O5.C13H14O5.C12H16O5.C10H11IO4.C3H4O/c1-25(2,3)42(38)34-26(4)15-41-23-18(26)14-22(33-24(23)29)27(37,28(30,31)32)10-9-19(36)16-12-20(39-5)17(8-7-11-35)21(13-16)40-6;1-12(2,3)26(24)22-13(4)7-25-10-8(13)5-9(21-11(10)16)14(23,6-20)15(17,18)19;2*1-16-11-7-9(13(15)18-3)8-12(17-2)10(11)5-4-6-14;1-16-10-6-8(12(14)15)7-11(17-2)9(10)4-3-5-13;1-13-7-4-6(10(12)15-3)5-8(14-2)9(7)11;1-2-3-4/h12-14,34-35,37H,7-11,15H2,1-6H3;5,22-23H,6-7,20H2,1-4H3;7-8,14H,4-6H2,1-3H3;7-8,14H,6H2,1-3H3;6-7,13H,3-5H2,1-2H3,(H,14,15);4-5H,1-3H3;1,4H,3H2/t26-,27-,42?;13-,14-,26?;;;;;/m11...../s1. The summed E-state index contributed by atoms with van der Waals surface area (Å²) in [6.45, 7) is 12.1. The average molecular weight is 2180 g/mol. The molecule has 0 saturated carbocycles. The van der Waals surface area contributed by atoms with Crippen LogP contribution in [0.1, 0.15) is 184 Å². The number of carboxylic acids is 1. The van der Waals surface area contributed by atoms with Gasteiger partial charge in [0.15, 0.2) is 27.6 Å². The van der Waals surface area contributed by atoms with E-state index < -0.39 is 132 Å². The predicted molar refractivity (Wildman–Crippen MR) is 516 cm³/mol. The number of pyridine rings is 2. The fourth-order valence-electron chi connectivity index (χ4n) is 12.7. The van der Waals surface area contributed by atoms with Crippen LogP contribution in [0.5, 0.6) is 69.0 Å². The number of esters is 3. The maximum absolute atomic E-state index is 14.5. The lowest BCUT2D eigenvalue weighted by Gasteiger charge is -2.32. The first-order valence-corrected chi connectivity index (χ1v) is 46.0. The number of ether oxygens (including phenoxy) is 15. The smallest absolute Gasteiger partial charge is 0.424 e. The number of alkyl halides is 6. The van der Waals surface area contributed by atoms with Crippen molar-refractivity contribution in [2.45, 2.75) is 151 Å². The number of nitrogens with one attached hydrogen (secondary N) is 2. The maximum atomic E-state index is 14.5. The van der Waals surface area contributed by atoms with Crippen LogP contribution in [-0.2, 0) is 77.7 Å². The van der Waals surface area contributed by atoms with Crippen molar-refractivity contribution in [1.82, 2.24) is 19.4 Å². The van der Waals surface area contributed by atoms with E-state index in [2.05, 4.69) is 74.5 Å². The molecule has 46 heteroatoms. The van der Waals surface area contributed by atoms with Crippen molar-refractivity contribution in [3.8, 4) is 93.2 Å². The largest absolute Gasteiger partial charge is 0.496 e. The number of nitrogens with zero attached hydrogens (tertiary/aromatic N) is 2. The van der Waals surface area contributed by atoms with Gasteiger partial charge in [-0.2, -0.15) is 26.3 Å². The van der Waals surface area contributed by atoms with Gasteiger partial charge in [0.1, 0.15) is 89.5 Å². The summed E-state index contributed by atoms with van der Waals surface area (Å²) in [4.78, 5) is 65.8. The fraction of sp³-hybridized carbons (Fsp3) is 0.479. The van der Waals surface area contributed by atoms with E-state index >= 15 is 0 Å².